The highest BCUT2D eigenvalue weighted by atomic mass is 35.5. The number of rotatable bonds is 3. The van der Waals surface area contributed by atoms with Crippen molar-refractivity contribution in [3.63, 3.8) is 0 Å². The van der Waals surface area contributed by atoms with Gasteiger partial charge in [-0.15, -0.1) is 10.2 Å². The Morgan fingerprint density at radius 1 is 1.12 bits per heavy atom. The van der Waals surface area contributed by atoms with Gasteiger partial charge in [-0.05, 0) is 18.2 Å². The minimum atomic E-state index is 0.312. The highest BCUT2D eigenvalue weighted by Crippen LogP contribution is 2.37. The molecule has 3 nitrogen and oxygen atoms in total. The van der Waals surface area contributed by atoms with Gasteiger partial charge in [0, 0.05) is 0 Å². The van der Waals surface area contributed by atoms with E-state index in [1.54, 1.807) is 13.2 Å². The Morgan fingerprint density at radius 2 is 1.88 bits per heavy atom. The molecule has 0 bridgehead atoms. The van der Waals surface area contributed by atoms with Crippen molar-refractivity contribution in [3.05, 3.63) is 40.6 Å². The van der Waals surface area contributed by atoms with Gasteiger partial charge in [-0.3, -0.25) is 0 Å². The monoisotopic (exact) mass is 286 g/mol. The van der Waals surface area contributed by atoms with Crippen LogP contribution in [0, 0.1) is 0 Å². The third kappa shape index (κ3) is 3.03. The lowest BCUT2D eigenvalue weighted by Gasteiger charge is -2.07. The predicted octanol–water partition coefficient (Wildman–Crippen LogP) is 3.94. The Balaban J connectivity index is 2.34. The van der Waals surface area contributed by atoms with E-state index in [0.717, 1.165) is 15.5 Å². The molecule has 0 radical (unpaired) electrons. The Labute approximate surface area is 113 Å². The number of hydrogen-bond donors (Lipinski definition) is 0. The van der Waals surface area contributed by atoms with E-state index in [-0.39, 0.29) is 0 Å². The van der Waals surface area contributed by atoms with Gasteiger partial charge in [0.25, 0.3) is 0 Å². The van der Waals surface area contributed by atoms with Crippen molar-refractivity contribution < 1.29 is 4.74 Å². The topological polar surface area (TPSA) is 35.0 Å². The first-order chi connectivity index (χ1) is 8.20. The molecule has 2 rings (SSSR count). The summed E-state index contributed by atoms with van der Waals surface area (Å²) in [5.74, 6) is 0.779. The molecule has 0 aliphatic rings. The molecule has 17 heavy (non-hydrogen) atoms. The van der Waals surface area contributed by atoms with E-state index < -0.39 is 0 Å². The predicted molar refractivity (Wildman–Crippen MR) is 69.2 cm³/mol. The fourth-order valence-electron chi connectivity index (χ4n) is 1.23. The molecular formula is C11H8Cl2N2OS. The summed E-state index contributed by atoms with van der Waals surface area (Å²) < 4.78 is 5.25. The quantitative estimate of drug-likeness (QED) is 0.856. The average molecular weight is 287 g/mol. The number of ether oxygens (including phenoxy) is 1. The fourth-order valence-corrected chi connectivity index (χ4v) is 2.58. The Bertz CT molecular complexity index is 537. The third-order valence-corrected chi connectivity index (χ3v) is 3.64. The lowest BCUT2D eigenvalue weighted by atomic mass is 10.3. The van der Waals surface area contributed by atoms with Gasteiger partial charge in [-0.1, -0.05) is 47.1 Å². The molecule has 1 heterocycles. The lowest BCUT2D eigenvalue weighted by Crippen LogP contribution is -1.88. The molecule has 0 atom stereocenters. The van der Waals surface area contributed by atoms with Crippen molar-refractivity contribution in [2.24, 2.45) is 0 Å². The summed E-state index contributed by atoms with van der Waals surface area (Å²) in [6, 6.07) is 9.33. The normalized spacial score (nSPS) is 10.3. The van der Waals surface area contributed by atoms with E-state index in [0.29, 0.717) is 10.3 Å². The SMILES string of the molecule is COc1ccccc1Sc1cc(Cl)nnc1Cl. The molecule has 0 saturated heterocycles. The van der Waals surface area contributed by atoms with E-state index in [4.69, 9.17) is 27.9 Å². The first kappa shape index (κ1) is 12.5. The second kappa shape index (κ2) is 5.58. The van der Waals surface area contributed by atoms with Gasteiger partial charge in [-0.25, -0.2) is 0 Å². The zero-order chi connectivity index (χ0) is 12.3. The van der Waals surface area contributed by atoms with Gasteiger partial charge in [0.2, 0.25) is 0 Å². The van der Waals surface area contributed by atoms with Crippen molar-refractivity contribution in [2.75, 3.05) is 7.11 Å². The van der Waals surface area contributed by atoms with Crippen molar-refractivity contribution in [1.29, 1.82) is 0 Å². The standard InChI is InChI=1S/C11H8Cl2N2OS/c1-16-7-4-2-3-5-8(7)17-9-6-10(12)14-15-11(9)13/h2-6H,1H3. The number of benzene rings is 1. The maximum atomic E-state index is 5.95. The molecule has 6 heteroatoms. The number of aromatic nitrogens is 2. The minimum Gasteiger partial charge on any atom is -0.496 e. The molecule has 88 valence electrons. The number of methoxy groups -OCH3 is 1. The average Bonchev–Trinajstić information content (AvgIpc) is 2.34. The maximum Gasteiger partial charge on any atom is 0.165 e. The Morgan fingerprint density at radius 3 is 2.65 bits per heavy atom. The summed E-state index contributed by atoms with van der Waals surface area (Å²) in [6.07, 6.45) is 0. The Kier molecular flexibility index (Phi) is 4.10. The summed E-state index contributed by atoms with van der Waals surface area (Å²) >= 11 is 13.2. The van der Waals surface area contributed by atoms with Crippen LogP contribution >= 0.6 is 35.0 Å². The minimum absolute atomic E-state index is 0.312. The van der Waals surface area contributed by atoms with Crippen molar-refractivity contribution >= 4 is 35.0 Å². The number of nitrogens with zero attached hydrogens (tertiary/aromatic N) is 2. The van der Waals surface area contributed by atoms with Gasteiger partial charge >= 0.3 is 0 Å². The first-order valence-corrected chi connectivity index (χ1v) is 6.27. The maximum absolute atomic E-state index is 5.95. The number of hydrogen-bond acceptors (Lipinski definition) is 4. The lowest BCUT2D eigenvalue weighted by molar-refractivity contribution is 0.405. The molecule has 1 aromatic carbocycles. The zero-order valence-electron chi connectivity index (χ0n) is 8.85. The van der Waals surface area contributed by atoms with Crippen LogP contribution in [-0.4, -0.2) is 17.3 Å². The number of halogens is 2. The second-order valence-electron chi connectivity index (χ2n) is 3.08. The zero-order valence-corrected chi connectivity index (χ0v) is 11.2. The van der Waals surface area contributed by atoms with Crippen LogP contribution < -0.4 is 4.74 Å². The molecule has 1 aromatic heterocycles. The number of para-hydroxylation sites is 1. The van der Waals surface area contributed by atoms with Crippen LogP contribution in [-0.2, 0) is 0 Å². The molecule has 0 fully saturated rings. The van der Waals surface area contributed by atoms with E-state index >= 15 is 0 Å². The van der Waals surface area contributed by atoms with Crippen LogP contribution in [0.25, 0.3) is 0 Å². The first-order valence-electron chi connectivity index (χ1n) is 4.70. The summed E-state index contributed by atoms with van der Waals surface area (Å²) in [6.45, 7) is 0. The molecular weight excluding hydrogens is 279 g/mol. The van der Waals surface area contributed by atoms with Gasteiger partial charge in [0.15, 0.2) is 10.3 Å². The van der Waals surface area contributed by atoms with Gasteiger partial charge in [0.1, 0.15) is 5.75 Å². The van der Waals surface area contributed by atoms with Crippen LogP contribution in [0.3, 0.4) is 0 Å². The fraction of sp³-hybridized carbons (Fsp3) is 0.0909. The van der Waals surface area contributed by atoms with E-state index in [1.165, 1.54) is 11.8 Å². The van der Waals surface area contributed by atoms with Crippen molar-refractivity contribution in [2.45, 2.75) is 9.79 Å². The molecule has 0 aliphatic carbocycles. The highest BCUT2D eigenvalue weighted by Gasteiger charge is 2.09. The summed E-state index contributed by atoms with van der Waals surface area (Å²) in [5, 5.41) is 8.05. The van der Waals surface area contributed by atoms with E-state index in [9.17, 15) is 0 Å². The Hall–Kier alpha value is -0.970. The molecule has 0 unspecified atom stereocenters. The van der Waals surface area contributed by atoms with Gasteiger partial charge in [0.05, 0.1) is 16.9 Å². The van der Waals surface area contributed by atoms with Crippen molar-refractivity contribution in [1.82, 2.24) is 10.2 Å². The summed E-state index contributed by atoms with van der Waals surface area (Å²) in [4.78, 5) is 1.69. The molecule has 0 amide bonds. The molecule has 0 N–H and O–H groups in total. The molecule has 0 saturated carbocycles. The van der Waals surface area contributed by atoms with Gasteiger partial charge in [-0.2, -0.15) is 0 Å². The van der Waals surface area contributed by atoms with Crippen LogP contribution in [0.15, 0.2) is 40.1 Å². The van der Waals surface area contributed by atoms with Crippen LogP contribution in [0.5, 0.6) is 5.75 Å². The second-order valence-corrected chi connectivity index (χ2v) is 4.90. The smallest absolute Gasteiger partial charge is 0.165 e. The summed E-state index contributed by atoms with van der Waals surface area (Å²) in [5.41, 5.74) is 0. The molecule has 0 spiro atoms. The molecule has 0 aliphatic heterocycles. The van der Waals surface area contributed by atoms with Crippen LogP contribution in [0.2, 0.25) is 10.3 Å². The third-order valence-electron chi connectivity index (χ3n) is 1.98. The largest absolute Gasteiger partial charge is 0.496 e. The van der Waals surface area contributed by atoms with Crippen LogP contribution in [0.1, 0.15) is 0 Å². The highest BCUT2D eigenvalue weighted by molar-refractivity contribution is 7.99. The van der Waals surface area contributed by atoms with E-state index in [2.05, 4.69) is 10.2 Å². The van der Waals surface area contributed by atoms with Crippen molar-refractivity contribution in [3.8, 4) is 5.75 Å². The van der Waals surface area contributed by atoms with Gasteiger partial charge < -0.3 is 4.74 Å². The summed E-state index contributed by atoms with van der Waals surface area (Å²) in [7, 11) is 1.62. The van der Waals surface area contributed by atoms with Crippen LogP contribution in [0.4, 0.5) is 0 Å². The van der Waals surface area contributed by atoms with E-state index in [1.807, 2.05) is 24.3 Å². The molecule has 2 aromatic rings.